The number of quaternary nitrogens is 1. The zero-order valence-electron chi connectivity index (χ0n) is 62.8. The molecule has 0 spiro atoms. The minimum atomic E-state index is -4.65. The second kappa shape index (κ2) is 74.9. The van der Waals surface area contributed by atoms with Gasteiger partial charge in [0.05, 0.1) is 27.7 Å². The minimum absolute atomic E-state index is 0.0335. The van der Waals surface area contributed by atoms with E-state index in [1.54, 1.807) is 0 Å². The summed E-state index contributed by atoms with van der Waals surface area (Å²) in [6.07, 6.45) is 106. The Kier molecular flexibility index (Phi) is 72.3. The zero-order valence-corrected chi connectivity index (χ0v) is 63.7. The number of allylic oxidation sites excluding steroid dienone is 18. The molecule has 0 N–H and O–H groups in total. The molecule has 95 heavy (non-hydrogen) atoms. The molecule has 0 aliphatic heterocycles. The Hall–Kier alpha value is -3.33. The van der Waals surface area contributed by atoms with E-state index in [9.17, 15) is 19.0 Å². The first-order valence-electron chi connectivity index (χ1n) is 40.1. The lowest BCUT2D eigenvalue weighted by molar-refractivity contribution is -0.870. The third-order valence-electron chi connectivity index (χ3n) is 17.6. The zero-order chi connectivity index (χ0) is 69.0. The van der Waals surface area contributed by atoms with Crippen molar-refractivity contribution < 1.29 is 42.1 Å². The maximum Gasteiger partial charge on any atom is 0.306 e. The van der Waals surface area contributed by atoms with Gasteiger partial charge in [-0.3, -0.25) is 14.2 Å². The van der Waals surface area contributed by atoms with Crippen molar-refractivity contribution in [2.45, 2.75) is 373 Å². The van der Waals surface area contributed by atoms with E-state index < -0.39 is 26.5 Å². The summed E-state index contributed by atoms with van der Waals surface area (Å²) in [4.78, 5) is 38.2. The minimum Gasteiger partial charge on any atom is -0.756 e. The van der Waals surface area contributed by atoms with E-state index in [-0.39, 0.29) is 32.0 Å². The van der Waals surface area contributed by atoms with E-state index in [1.807, 2.05) is 21.1 Å². The van der Waals surface area contributed by atoms with Gasteiger partial charge in [-0.25, -0.2) is 0 Å². The normalized spacial score (nSPS) is 13.6. The monoisotopic (exact) mass is 1350 g/mol. The number of esters is 2. The first kappa shape index (κ1) is 91.7. The average molecular weight is 1350 g/mol. The fourth-order valence-electron chi connectivity index (χ4n) is 11.5. The summed E-state index contributed by atoms with van der Waals surface area (Å²) in [5, 5.41) is 0. The second-order valence-electron chi connectivity index (χ2n) is 28.1. The molecule has 2 atom stereocenters. The Balaban J connectivity index is 4.00. The van der Waals surface area contributed by atoms with Crippen LogP contribution in [0.25, 0.3) is 0 Å². The average Bonchev–Trinajstić information content (AvgIpc) is 2.18. The van der Waals surface area contributed by atoms with Crippen LogP contribution in [-0.2, 0) is 32.7 Å². The van der Waals surface area contributed by atoms with Crippen LogP contribution in [0.1, 0.15) is 367 Å². The van der Waals surface area contributed by atoms with Crippen molar-refractivity contribution in [2.75, 3.05) is 47.5 Å². The highest BCUT2D eigenvalue weighted by molar-refractivity contribution is 7.45. The molecular formula is C85H152NO8P. The summed E-state index contributed by atoms with van der Waals surface area (Å²) >= 11 is 0. The van der Waals surface area contributed by atoms with Crippen LogP contribution in [-0.4, -0.2) is 70.0 Å². The molecule has 0 aliphatic carbocycles. The van der Waals surface area contributed by atoms with Gasteiger partial charge in [0.15, 0.2) is 6.10 Å². The smallest absolute Gasteiger partial charge is 0.306 e. The van der Waals surface area contributed by atoms with Crippen molar-refractivity contribution >= 4 is 19.8 Å². The number of phosphoric ester groups is 1. The van der Waals surface area contributed by atoms with E-state index in [0.717, 1.165) is 103 Å². The molecule has 0 saturated carbocycles. The Bertz CT molecular complexity index is 1970. The third kappa shape index (κ3) is 79.5. The van der Waals surface area contributed by atoms with Gasteiger partial charge >= 0.3 is 11.9 Å². The summed E-state index contributed by atoms with van der Waals surface area (Å²) in [5.74, 6) is -0.825. The highest BCUT2D eigenvalue weighted by Crippen LogP contribution is 2.38. The van der Waals surface area contributed by atoms with Gasteiger partial charge in [-0.05, 0) is 83.5 Å². The predicted octanol–water partition coefficient (Wildman–Crippen LogP) is 26.2. The Morgan fingerprint density at radius 2 is 0.600 bits per heavy atom. The Morgan fingerprint density at radius 1 is 0.337 bits per heavy atom. The van der Waals surface area contributed by atoms with Crippen LogP contribution in [0.5, 0.6) is 0 Å². The van der Waals surface area contributed by atoms with Gasteiger partial charge in [-0.15, -0.1) is 0 Å². The number of rotatable bonds is 74. The van der Waals surface area contributed by atoms with Crippen LogP contribution in [0.3, 0.4) is 0 Å². The first-order valence-corrected chi connectivity index (χ1v) is 41.6. The van der Waals surface area contributed by atoms with Gasteiger partial charge in [0.1, 0.15) is 19.8 Å². The number of nitrogens with zero attached hydrogens (tertiary/aromatic N) is 1. The van der Waals surface area contributed by atoms with Gasteiger partial charge in [0.25, 0.3) is 7.82 Å². The summed E-state index contributed by atoms with van der Waals surface area (Å²) in [5.41, 5.74) is 0. The Morgan fingerprint density at radius 3 is 0.895 bits per heavy atom. The number of unbranched alkanes of at least 4 members (excludes halogenated alkanes) is 42. The van der Waals surface area contributed by atoms with Crippen molar-refractivity contribution in [3.05, 3.63) is 109 Å². The molecule has 0 heterocycles. The molecular weight excluding hydrogens is 1190 g/mol. The van der Waals surface area contributed by atoms with Crippen molar-refractivity contribution in [2.24, 2.45) is 0 Å². The second-order valence-corrected chi connectivity index (χ2v) is 29.5. The van der Waals surface area contributed by atoms with E-state index in [4.69, 9.17) is 18.5 Å². The molecule has 0 aromatic heterocycles. The predicted molar refractivity (Wildman–Crippen MR) is 411 cm³/mol. The van der Waals surface area contributed by atoms with Crippen LogP contribution >= 0.6 is 7.82 Å². The maximum absolute atomic E-state index is 12.9. The van der Waals surface area contributed by atoms with Crippen molar-refractivity contribution in [1.29, 1.82) is 0 Å². The topological polar surface area (TPSA) is 111 Å². The molecule has 2 unspecified atom stereocenters. The molecule has 0 amide bonds. The van der Waals surface area contributed by atoms with Crippen molar-refractivity contribution in [1.82, 2.24) is 0 Å². The maximum atomic E-state index is 12.9. The van der Waals surface area contributed by atoms with Gasteiger partial charge in [-0.1, -0.05) is 380 Å². The third-order valence-corrected chi connectivity index (χ3v) is 18.5. The molecule has 0 aliphatic rings. The number of ether oxygens (including phenoxy) is 2. The van der Waals surface area contributed by atoms with E-state index in [1.165, 1.54) is 231 Å². The number of hydrogen-bond acceptors (Lipinski definition) is 8. The van der Waals surface area contributed by atoms with E-state index in [0.29, 0.717) is 17.4 Å². The number of carbonyl (C=O) groups excluding carboxylic acids is 2. The summed E-state index contributed by atoms with van der Waals surface area (Å²) in [6.45, 7) is 4.17. The van der Waals surface area contributed by atoms with Crippen LogP contribution in [0.15, 0.2) is 109 Å². The van der Waals surface area contributed by atoms with Gasteiger partial charge in [0.2, 0.25) is 0 Å². The summed E-state index contributed by atoms with van der Waals surface area (Å²) in [7, 11) is 1.17. The van der Waals surface area contributed by atoms with Crippen molar-refractivity contribution in [3.63, 3.8) is 0 Å². The standard InChI is InChI=1S/C85H152NO8P/c1-6-8-10-12-14-16-18-20-22-24-26-28-30-32-34-36-38-40-41-42-43-44-45-46-48-50-52-54-56-58-60-62-64-66-68-70-72-74-76-78-85(88)94-83(82-93-95(89,90)92-80-79-86(3,4)5)81-91-84(87)77-75-73-71-69-67-65-63-61-59-57-55-53-51-49-47-39-37-35-33-31-29-27-25-23-21-19-17-15-13-11-9-7-2/h8,10,14,16,20,22,26,28,32,34,38,40,42-43,45-46,50,52,83H,6-7,9,11-13,15,17-19,21,23-25,27,29-31,33,35-37,39,41,44,47-49,51,53-82H2,1-5H3/b10-8-,16-14-,22-20-,28-26-,34-32-,40-38-,43-42-,46-45-,52-50-. The van der Waals surface area contributed by atoms with Gasteiger partial charge < -0.3 is 27.9 Å². The number of hydrogen-bond donors (Lipinski definition) is 0. The molecule has 0 radical (unpaired) electrons. The lowest BCUT2D eigenvalue weighted by atomic mass is 10.0. The quantitative estimate of drug-likeness (QED) is 0.0195. The lowest BCUT2D eigenvalue weighted by Gasteiger charge is -2.28. The summed E-state index contributed by atoms with van der Waals surface area (Å²) in [6, 6.07) is 0. The molecule has 0 aromatic carbocycles. The van der Waals surface area contributed by atoms with E-state index >= 15 is 0 Å². The molecule has 550 valence electrons. The molecule has 9 nitrogen and oxygen atoms in total. The van der Waals surface area contributed by atoms with E-state index in [2.05, 4.69) is 123 Å². The number of carbonyl (C=O) groups is 2. The van der Waals surface area contributed by atoms with Gasteiger partial charge in [-0.2, -0.15) is 0 Å². The first-order chi connectivity index (χ1) is 46.5. The molecule has 0 rings (SSSR count). The largest absolute Gasteiger partial charge is 0.756 e. The fraction of sp³-hybridized carbons (Fsp3) is 0.765. The van der Waals surface area contributed by atoms with Crippen LogP contribution in [0.4, 0.5) is 0 Å². The Labute approximate surface area is 588 Å². The van der Waals surface area contributed by atoms with Crippen LogP contribution < -0.4 is 4.89 Å². The molecule has 10 heteroatoms. The van der Waals surface area contributed by atoms with Crippen LogP contribution in [0, 0.1) is 0 Å². The fourth-order valence-corrected chi connectivity index (χ4v) is 12.2. The lowest BCUT2D eigenvalue weighted by Crippen LogP contribution is -2.37. The molecule has 0 aromatic rings. The molecule has 0 fully saturated rings. The molecule has 0 bridgehead atoms. The number of likely N-dealkylation sites (N-methyl/N-ethyl adjacent to an activating group) is 1. The van der Waals surface area contributed by atoms with Crippen LogP contribution in [0.2, 0.25) is 0 Å². The van der Waals surface area contributed by atoms with Gasteiger partial charge in [0, 0.05) is 12.8 Å². The SMILES string of the molecule is CC/C=C\C/C=C\C/C=C\C/C=C\C/C=C\C/C=C\C/C=C\C/C=C\C/C=C\CCCCCCCCCCCCCC(=O)OC(COC(=O)CCCCCCCCCCCCCCCCCCCCCCCCCCCCCCCCCC)COP(=O)([O-])OCC[N+](C)(C)C. The van der Waals surface area contributed by atoms with Crippen molar-refractivity contribution in [3.8, 4) is 0 Å². The highest BCUT2D eigenvalue weighted by atomic mass is 31.2. The number of phosphoric acid groups is 1. The summed E-state index contributed by atoms with van der Waals surface area (Å²) < 4.78 is 34.4. The molecule has 0 saturated heterocycles. The highest BCUT2D eigenvalue weighted by Gasteiger charge is 2.22.